The van der Waals surface area contributed by atoms with Crippen LogP contribution >= 0.6 is 15.9 Å². The number of carbonyl (C=O) groups is 1. The van der Waals surface area contributed by atoms with Gasteiger partial charge < -0.3 is 19.7 Å². The summed E-state index contributed by atoms with van der Waals surface area (Å²) in [5, 5.41) is 3.19. The monoisotopic (exact) mass is 462 g/mol. The van der Waals surface area contributed by atoms with Crippen molar-refractivity contribution in [2.75, 3.05) is 33.9 Å². The van der Waals surface area contributed by atoms with Gasteiger partial charge >= 0.3 is 0 Å². The predicted octanol–water partition coefficient (Wildman–Crippen LogP) is 4.08. The fourth-order valence-corrected chi connectivity index (χ4v) is 3.66. The van der Waals surface area contributed by atoms with E-state index in [1.807, 2.05) is 58.3 Å². The molecule has 0 radical (unpaired) electrons. The van der Waals surface area contributed by atoms with Crippen LogP contribution in [-0.4, -0.2) is 50.7 Å². The van der Waals surface area contributed by atoms with Gasteiger partial charge in [-0.05, 0) is 57.6 Å². The molecule has 0 aromatic heterocycles. The zero-order valence-corrected chi connectivity index (χ0v) is 19.3. The fraction of sp³-hybridized carbons (Fsp3) is 0.435. The minimum Gasteiger partial charge on any atom is -0.490 e. The number of benzene rings is 2. The summed E-state index contributed by atoms with van der Waals surface area (Å²) < 4.78 is 12.2. The molecule has 0 saturated carbocycles. The maximum absolute atomic E-state index is 12.8. The average molecular weight is 463 g/mol. The molecule has 6 heteroatoms. The summed E-state index contributed by atoms with van der Waals surface area (Å²) in [4.78, 5) is 14.9. The largest absolute Gasteiger partial charge is 0.490 e. The van der Waals surface area contributed by atoms with Crippen molar-refractivity contribution in [2.24, 2.45) is 0 Å². The van der Waals surface area contributed by atoms with Crippen LogP contribution in [-0.2, 0) is 17.6 Å². The van der Waals surface area contributed by atoms with Gasteiger partial charge in [0.2, 0.25) is 5.91 Å². The minimum absolute atomic E-state index is 0.0138. The molecule has 0 saturated heterocycles. The van der Waals surface area contributed by atoms with Crippen LogP contribution in [0.15, 0.2) is 46.9 Å². The van der Waals surface area contributed by atoms with Crippen molar-refractivity contribution in [3.05, 3.63) is 58.1 Å². The lowest BCUT2D eigenvalue weighted by molar-refractivity contribution is -0.121. The molecule has 0 heterocycles. The van der Waals surface area contributed by atoms with Crippen molar-refractivity contribution in [3.63, 3.8) is 0 Å². The van der Waals surface area contributed by atoms with E-state index in [2.05, 4.69) is 38.3 Å². The maximum atomic E-state index is 12.8. The van der Waals surface area contributed by atoms with Gasteiger partial charge in [0.1, 0.15) is 0 Å². The van der Waals surface area contributed by atoms with Gasteiger partial charge in [-0.1, -0.05) is 46.3 Å². The van der Waals surface area contributed by atoms with Gasteiger partial charge in [0.15, 0.2) is 11.5 Å². The number of nitrogens with zero attached hydrogens (tertiary/aromatic N) is 1. The number of halogens is 1. The normalized spacial score (nSPS) is 11.9. The number of ether oxygens (including phenoxy) is 2. The Morgan fingerprint density at radius 2 is 1.69 bits per heavy atom. The van der Waals surface area contributed by atoms with Crippen LogP contribution in [0.25, 0.3) is 0 Å². The molecular weight excluding hydrogens is 432 g/mol. The Morgan fingerprint density at radius 1 is 1.07 bits per heavy atom. The van der Waals surface area contributed by atoms with Crippen molar-refractivity contribution >= 4 is 21.8 Å². The first kappa shape index (κ1) is 23.2. The van der Waals surface area contributed by atoms with Crippen LogP contribution in [0.4, 0.5) is 0 Å². The van der Waals surface area contributed by atoms with E-state index in [1.165, 1.54) is 5.56 Å². The Bertz CT molecular complexity index is 781. The van der Waals surface area contributed by atoms with Gasteiger partial charge in [-0.25, -0.2) is 0 Å². The molecule has 1 unspecified atom stereocenters. The molecule has 1 amide bonds. The van der Waals surface area contributed by atoms with Crippen LogP contribution < -0.4 is 14.8 Å². The molecule has 29 heavy (non-hydrogen) atoms. The highest BCUT2D eigenvalue weighted by Gasteiger charge is 2.17. The van der Waals surface area contributed by atoms with Crippen LogP contribution in [0, 0.1) is 0 Å². The van der Waals surface area contributed by atoms with Crippen LogP contribution in [0.2, 0.25) is 0 Å². The van der Waals surface area contributed by atoms with Gasteiger partial charge in [-0.15, -0.1) is 0 Å². The maximum Gasteiger partial charge on any atom is 0.224 e. The van der Waals surface area contributed by atoms with E-state index in [4.69, 9.17) is 9.47 Å². The first-order valence-electron chi connectivity index (χ1n) is 9.98. The molecule has 0 aliphatic carbocycles. The third kappa shape index (κ3) is 7.71. The molecule has 158 valence electrons. The smallest absolute Gasteiger partial charge is 0.224 e. The second-order valence-electron chi connectivity index (χ2n) is 7.15. The van der Waals surface area contributed by atoms with Crippen molar-refractivity contribution in [1.29, 1.82) is 0 Å². The third-order valence-corrected chi connectivity index (χ3v) is 5.08. The van der Waals surface area contributed by atoms with E-state index in [0.29, 0.717) is 24.7 Å². The zero-order chi connectivity index (χ0) is 21.2. The summed E-state index contributed by atoms with van der Waals surface area (Å²) in [6, 6.07) is 14.0. The summed E-state index contributed by atoms with van der Waals surface area (Å²) in [5.41, 5.74) is 2.08. The third-order valence-electron chi connectivity index (χ3n) is 4.34. The highest BCUT2D eigenvalue weighted by molar-refractivity contribution is 9.10. The average Bonchev–Trinajstić information content (AvgIpc) is 2.66. The van der Waals surface area contributed by atoms with E-state index < -0.39 is 0 Å². The lowest BCUT2D eigenvalue weighted by atomic mass is 10.0. The molecule has 0 fully saturated rings. The molecule has 2 aromatic rings. The molecule has 0 spiro atoms. The molecule has 0 bridgehead atoms. The topological polar surface area (TPSA) is 50.8 Å². The van der Waals surface area contributed by atoms with Crippen molar-refractivity contribution in [3.8, 4) is 11.5 Å². The Kier molecular flexibility index (Phi) is 9.48. The fourth-order valence-electron chi connectivity index (χ4n) is 3.20. The highest BCUT2D eigenvalue weighted by Crippen LogP contribution is 2.34. The number of hydrogen-bond donors (Lipinski definition) is 1. The summed E-state index contributed by atoms with van der Waals surface area (Å²) in [6.07, 6.45) is 1.06. The first-order chi connectivity index (χ1) is 13.9. The van der Waals surface area contributed by atoms with Gasteiger partial charge in [0, 0.05) is 17.1 Å². The standard InChI is InChI=1S/C23H31BrN2O3/c1-5-28-21-13-18(20(24)15-22(21)29-6-2)14-23(27)25-19(16-26(3)4)12-17-10-8-7-9-11-17/h7-11,13,15,19H,5-6,12,14,16H2,1-4H3,(H,25,27). The summed E-state index contributed by atoms with van der Waals surface area (Å²) in [6.45, 7) is 5.73. The lowest BCUT2D eigenvalue weighted by Gasteiger charge is -2.23. The first-order valence-corrected chi connectivity index (χ1v) is 10.8. The molecule has 2 aromatic carbocycles. The number of rotatable bonds is 11. The van der Waals surface area contributed by atoms with Gasteiger partial charge in [-0.2, -0.15) is 0 Å². The molecule has 1 N–H and O–H groups in total. The minimum atomic E-state index is -0.0138. The number of carbonyl (C=O) groups excluding carboxylic acids is 1. The van der Waals surface area contributed by atoms with Gasteiger partial charge in [0.05, 0.1) is 19.6 Å². The van der Waals surface area contributed by atoms with Crippen LogP contribution in [0.3, 0.4) is 0 Å². The van der Waals surface area contributed by atoms with E-state index in [1.54, 1.807) is 0 Å². The predicted molar refractivity (Wildman–Crippen MR) is 121 cm³/mol. The van der Waals surface area contributed by atoms with Gasteiger partial charge in [-0.3, -0.25) is 4.79 Å². The number of hydrogen-bond acceptors (Lipinski definition) is 4. The highest BCUT2D eigenvalue weighted by atomic mass is 79.9. The molecule has 5 nitrogen and oxygen atoms in total. The molecule has 0 aliphatic rings. The summed E-state index contributed by atoms with van der Waals surface area (Å²) >= 11 is 3.57. The van der Waals surface area contributed by atoms with Crippen molar-refractivity contribution < 1.29 is 14.3 Å². The van der Waals surface area contributed by atoms with Crippen LogP contribution in [0.5, 0.6) is 11.5 Å². The molecule has 1 atom stereocenters. The van der Waals surface area contributed by atoms with E-state index in [0.717, 1.165) is 23.0 Å². The molecule has 0 aliphatic heterocycles. The van der Waals surface area contributed by atoms with Gasteiger partial charge in [0.25, 0.3) is 0 Å². The molecule has 2 rings (SSSR count). The quantitative estimate of drug-likeness (QED) is 0.546. The van der Waals surface area contributed by atoms with Crippen LogP contribution in [0.1, 0.15) is 25.0 Å². The second kappa shape index (κ2) is 11.8. The van der Waals surface area contributed by atoms with E-state index in [-0.39, 0.29) is 18.4 Å². The Balaban J connectivity index is 2.11. The summed E-state index contributed by atoms with van der Waals surface area (Å²) in [7, 11) is 4.03. The Morgan fingerprint density at radius 3 is 2.28 bits per heavy atom. The van der Waals surface area contributed by atoms with E-state index >= 15 is 0 Å². The van der Waals surface area contributed by atoms with Crippen molar-refractivity contribution in [1.82, 2.24) is 10.2 Å². The number of amides is 1. The number of likely N-dealkylation sites (N-methyl/N-ethyl adjacent to an activating group) is 1. The second-order valence-corrected chi connectivity index (χ2v) is 8.00. The Hall–Kier alpha value is -2.05. The zero-order valence-electron chi connectivity index (χ0n) is 17.7. The van der Waals surface area contributed by atoms with E-state index in [9.17, 15) is 4.79 Å². The Labute approximate surface area is 182 Å². The SMILES string of the molecule is CCOc1cc(Br)c(CC(=O)NC(Cc2ccccc2)CN(C)C)cc1OCC. The molecular formula is C23H31BrN2O3. The summed E-state index contributed by atoms with van der Waals surface area (Å²) in [5.74, 6) is 1.33. The lowest BCUT2D eigenvalue weighted by Crippen LogP contribution is -2.43. The number of nitrogens with one attached hydrogen (secondary N) is 1. The van der Waals surface area contributed by atoms with Crippen molar-refractivity contribution in [2.45, 2.75) is 32.7 Å².